The number of carbonyl (C=O) groups excluding carboxylic acids is 2. The summed E-state index contributed by atoms with van der Waals surface area (Å²) in [5, 5.41) is 6.81. The second-order valence-corrected chi connectivity index (χ2v) is 8.74. The van der Waals surface area contributed by atoms with Crippen LogP contribution in [0.25, 0.3) is 10.9 Å². The van der Waals surface area contributed by atoms with Gasteiger partial charge >= 0.3 is 6.03 Å². The van der Waals surface area contributed by atoms with Crippen molar-refractivity contribution in [2.75, 3.05) is 0 Å². The molecule has 3 heterocycles. The second kappa shape index (κ2) is 6.49. The summed E-state index contributed by atoms with van der Waals surface area (Å²) in [4.78, 5) is 34.2. The fourth-order valence-electron chi connectivity index (χ4n) is 3.27. The molecule has 0 saturated carbocycles. The number of imide groups is 1. The highest BCUT2D eigenvalue weighted by molar-refractivity contribution is 7.09. The Bertz CT molecular complexity index is 1010. The van der Waals surface area contributed by atoms with Gasteiger partial charge in [-0.2, -0.15) is 0 Å². The molecule has 0 bridgehead atoms. The molecular formula is C20H22N4O2S. The third-order valence-electron chi connectivity index (χ3n) is 4.72. The van der Waals surface area contributed by atoms with E-state index in [0.717, 1.165) is 27.2 Å². The molecule has 1 atom stereocenters. The summed E-state index contributed by atoms with van der Waals surface area (Å²) in [5.74, 6) is -0.199. The largest absolute Gasteiger partial charge is 0.361 e. The summed E-state index contributed by atoms with van der Waals surface area (Å²) < 4.78 is 0. The van der Waals surface area contributed by atoms with Gasteiger partial charge in [0.1, 0.15) is 6.04 Å². The van der Waals surface area contributed by atoms with Gasteiger partial charge in [0.2, 0.25) is 0 Å². The van der Waals surface area contributed by atoms with Crippen molar-refractivity contribution in [3.05, 3.63) is 52.1 Å². The van der Waals surface area contributed by atoms with E-state index >= 15 is 0 Å². The number of aromatic nitrogens is 2. The second-order valence-electron chi connectivity index (χ2n) is 7.88. The summed E-state index contributed by atoms with van der Waals surface area (Å²) >= 11 is 1.56. The molecule has 27 heavy (non-hydrogen) atoms. The zero-order valence-electron chi connectivity index (χ0n) is 15.6. The molecule has 1 aromatic carbocycles. The molecule has 0 radical (unpaired) electrons. The van der Waals surface area contributed by atoms with E-state index in [1.54, 1.807) is 11.3 Å². The van der Waals surface area contributed by atoms with E-state index < -0.39 is 6.04 Å². The standard InChI is InChI=1S/C20H22N4O2S/c1-20(2,3)18-22-13(11-27-18)10-24-17(25)16(23-19(24)26)8-12-9-21-15-7-5-4-6-14(12)15/h4-7,9,11,16,21H,8,10H2,1-3H3,(H,23,26). The van der Waals surface area contributed by atoms with Gasteiger partial charge in [-0.15, -0.1) is 11.3 Å². The quantitative estimate of drug-likeness (QED) is 0.677. The number of para-hydroxylation sites is 1. The van der Waals surface area contributed by atoms with Crippen LogP contribution < -0.4 is 5.32 Å². The molecule has 1 aliphatic heterocycles. The number of nitrogens with one attached hydrogen (secondary N) is 2. The number of carbonyl (C=O) groups is 2. The molecule has 3 aromatic rings. The van der Waals surface area contributed by atoms with Crippen LogP contribution in [0.2, 0.25) is 0 Å². The van der Waals surface area contributed by atoms with Crippen molar-refractivity contribution in [3.63, 3.8) is 0 Å². The van der Waals surface area contributed by atoms with Crippen LogP contribution in [0.1, 0.15) is 37.0 Å². The summed E-state index contributed by atoms with van der Waals surface area (Å²) in [6.07, 6.45) is 2.37. The smallest absolute Gasteiger partial charge is 0.325 e. The number of fused-ring (bicyclic) bond motifs is 1. The molecule has 1 saturated heterocycles. The van der Waals surface area contributed by atoms with Crippen LogP contribution in [0.3, 0.4) is 0 Å². The Labute approximate surface area is 161 Å². The highest BCUT2D eigenvalue weighted by Gasteiger charge is 2.38. The Morgan fingerprint density at radius 3 is 2.74 bits per heavy atom. The van der Waals surface area contributed by atoms with Crippen molar-refractivity contribution in [2.45, 2.75) is 45.2 Å². The summed E-state index contributed by atoms with van der Waals surface area (Å²) in [5.41, 5.74) is 2.76. The Hall–Kier alpha value is -2.67. The molecule has 6 nitrogen and oxygen atoms in total. The van der Waals surface area contributed by atoms with Gasteiger partial charge in [0.25, 0.3) is 5.91 Å². The molecule has 1 fully saturated rings. The Morgan fingerprint density at radius 1 is 1.22 bits per heavy atom. The van der Waals surface area contributed by atoms with Crippen molar-refractivity contribution in [3.8, 4) is 0 Å². The van der Waals surface area contributed by atoms with Crippen LogP contribution in [0.4, 0.5) is 4.79 Å². The number of H-pyrrole nitrogens is 1. The molecule has 3 amide bonds. The van der Waals surface area contributed by atoms with Gasteiger partial charge in [-0.1, -0.05) is 39.0 Å². The molecular weight excluding hydrogens is 360 g/mol. The number of aromatic amines is 1. The molecule has 4 rings (SSSR count). The number of hydrogen-bond acceptors (Lipinski definition) is 4. The van der Waals surface area contributed by atoms with E-state index in [-0.39, 0.29) is 23.9 Å². The lowest BCUT2D eigenvalue weighted by Crippen LogP contribution is -2.32. The minimum absolute atomic E-state index is 0.0436. The van der Waals surface area contributed by atoms with Gasteiger partial charge in [0.05, 0.1) is 17.2 Å². The van der Waals surface area contributed by atoms with Gasteiger partial charge in [0, 0.05) is 34.3 Å². The Kier molecular flexibility index (Phi) is 4.26. The van der Waals surface area contributed by atoms with Crippen molar-refractivity contribution < 1.29 is 9.59 Å². The van der Waals surface area contributed by atoms with E-state index in [9.17, 15) is 9.59 Å². The predicted octanol–water partition coefficient (Wildman–Crippen LogP) is 3.59. The van der Waals surface area contributed by atoms with Crippen LogP contribution >= 0.6 is 11.3 Å². The number of urea groups is 1. The van der Waals surface area contributed by atoms with Gasteiger partial charge in [0.15, 0.2) is 0 Å². The topological polar surface area (TPSA) is 78.1 Å². The highest BCUT2D eigenvalue weighted by atomic mass is 32.1. The molecule has 7 heteroatoms. The normalized spacial score (nSPS) is 17.7. The Balaban J connectivity index is 1.49. The maximum atomic E-state index is 12.8. The van der Waals surface area contributed by atoms with Gasteiger partial charge < -0.3 is 10.3 Å². The Morgan fingerprint density at radius 2 is 2.00 bits per heavy atom. The molecule has 0 spiro atoms. The third-order valence-corrected chi connectivity index (χ3v) is 6.04. The zero-order chi connectivity index (χ0) is 19.2. The minimum atomic E-state index is -0.544. The molecule has 1 unspecified atom stereocenters. The summed E-state index contributed by atoms with van der Waals surface area (Å²) in [7, 11) is 0. The molecule has 140 valence electrons. The van der Waals surface area contributed by atoms with E-state index in [0.29, 0.717) is 6.42 Å². The van der Waals surface area contributed by atoms with E-state index in [1.165, 1.54) is 4.90 Å². The lowest BCUT2D eigenvalue weighted by molar-refractivity contribution is -0.127. The monoisotopic (exact) mass is 382 g/mol. The molecule has 2 aromatic heterocycles. The first-order valence-corrected chi connectivity index (χ1v) is 9.82. The number of hydrogen-bond donors (Lipinski definition) is 2. The van der Waals surface area contributed by atoms with Gasteiger partial charge in [-0.3, -0.25) is 9.69 Å². The van der Waals surface area contributed by atoms with Crippen LogP contribution in [0, 0.1) is 0 Å². The third kappa shape index (κ3) is 3.35. The molecule has 2 N–H and O–H groups in total. The van der Waals surface area contributed by atoms with Crippen LogP contribution in [-0.2, 0) is 23.2 Å². The number of benzene rings is 1. The van der Waals surface area contributed by atoms with Crippen LogP contribution in [-0.4, -0.2) is 32.8 Å². The maximum Gasteiger partial charge on any atom is 0.325 e. The number of amides is 3. The first-order valence-electron chi connectivity index (χ1n) is 8.94. The highest BCUT2D eigenvalue weighted by Crippen LogP contribution is 2.27. The number of rotatable bonds is 4. The average molecular weight is 382 g/mol. The SMILES string of the molecule is CC(C)(C)c1nc(CN2C(=O)NC(Cc3c[nH]c4ccccc34)C2=O)cs1. The van der Waals surface area contributed by atoms with Crippen molar-refractivity contribution >= 4 is 34.2 Å². The van der Waals surface area contributed by atoms with Crippen LogP contribution in [0.15, 0.2) is 35.8 Å². The van der Waals surface area contributed by atoms with Gasteiger partial charge in [-0.05, 0) is 11.6 Å². The number of nitrogens with zero attached hydrogens (tertiary/aromatic N) is 2. The lowest BCUT2D eigenvalue weighted by atomic mass is 9.98. The predicted molar refractivity (Wildman–Crippen MR) is 106 cm³/mol. The first kappa shape index (κ1) is 17.7. The maximum absolute atomic E-state index is 12.8. The lowest BCUT2D eigenvalue weighted by Gasteiger charge is -2.14. The minimum Gasteiger partial charge on any atom is -0.361 e. The van der Waals surface area contributed by atoms with Crippen molar-refractivity contribution in [2.24, 2.45) is 0 Å². The van der Waals surface area contributed by atoms with Crippen LogP contribution in [0.5, 0.6) is 0 Å². The zero-order valence-corrected chi connectivity index (χ0v) is 16.4. The fraction of sp³-hybridized carbons (Fsp3) is 0.350. The summed E-state index contributed by atoms with van der Waals surface area (Å²) in [6.45, 7) is 6.50. The fourth-order valence-corrected chi connectivity index (χ4v) is 4.17. The molecule has 1 aliphatic rings. The molecule has 0 aliphatic carbocycles. The van der Waals surface area contributed by atoms with E-state index in [2.05, 4.69) is 36.1 Å². The summed E-state index contributed by atoms with van der Waals surface area (Å²) in [6, 6.07) is 7.05. The average Bonchev–Trinajstić information content (AvgIpc) is 3.31. The van der Waals surface area contributed by atoms with E-state index in [4.69, 9.17) is 0 Å². The van der Waals surface area contributed by atoms with E-state index in [1.807, 2.05) is 35.8 Å². The number of thiazole rings is 1. The van der Waals surface area contributed by atoms with Crippen molar-refractivity contribution in [1.82, 2.24) is 20.2 Å². The first-order chi connectivity index (χ1) is 12.8. The van der Waals surface area contributed by atoms with Crippen molar-refractivity contribution in [1.29, 1.82) is 0 Å². The van der Waals surface area contributed by atoms with Gasteiger partial charge in [-0.25, -0.2) is 9.78 Å².